The summed E-state index contributed by atoms with van der Waals surface area (Å²) in [5.41, 5.74) is 0. The highest BCUT2D eigenvalue weighted by atomic mass is 79.9. The van der Waals surface area contributed by atoms with Crippen LogP contribution in [0.15, 0.2) is 28.7 Å². The van der Waals surface area contributed by atoms with E-state index in [2.05, 4.69) is 26.6 Å². The molecular formula is C24H41BrN2O3. The fraction of sp³-hybridized carbons (Fsp3) is 0.708. The van der Waals surface area contributed by atoms with Gasteiger partial charge in [0.2, 0.25) is 0 Å². The summed E-state index contributed by atoms with van der Waals surface area (Å²) in [6.45, 7) is 2.02. The number of amides is 2. The van der Waals surface area contributed by atoms with Gasteiger partial charge in [0.15, 0.2) is 0 Å². The summed E-state index contributed by atoms with van der Waals surface area (Å²) in [6, 6.07) is 7.53. The molecule has 0 saturated carbocycles. The Morgan fingerprint density at radius 3 is 1.73 bits per heavy atom. The fourth-order valence-electron chi connectivity index (χ4n) is 3.31. The average Bonchev–Trinajstić information content (AvgIpc) is 2.75. The first-order valence-electron chi connectivity index (χ1n) is 11.7. The molecule has 0 fully saturated rings. The van der Waals surface area contributed by atoms with Crippen LogP contribution < -0.4 is 15.4 Å². The highest BCUT2D eigenvalue weighted by Gasteiger charge is 2.00. The van der Waals surface area contributed by atoms with Gasteiger partial charge in [-0.05, 0) is 37.1 Å². The first-order chi connectivity index (χ1) is 14.7. The number of aliphatic hydroxyl groups excluding tert-OH is 1. The lowest BCUT2D eigenvalue weighted by atomic mass is 10.0. The minimum absolute atomic E-state index is 0.120. The number of hydrogen-bond acceptors (Lipinski definition) is 3. The average molecular weight is 486 g/mol. The van der Waals surface area contributed by atoms with Gasteiger partial charge in [-0.15, -0.1) is 0 Å². The van der Waals surface area contributed by atoms with Gasteiger partial charge in [0.1, 0.15) is 12.4 Å². The second kappa shape index (κ2) is 19.7. The SMILES string of the molecule is O=C(NCCCCCCCCCCCCCCCO)NCCOc1ccc(Br)cc1. The smallest absolute Gasteiger partial charge is 0.314 e. The van der Waals surface area contributed by atoms with Crippen LogP contribution in [-0.4, -0.2) is 37.4 Å². The van der Waals surface area contributed by atoms with Gasteiger partial charge < -0.3 is 20.5 Å². The molecule has 0 radical (unpaired) electrons. The standard InChI is InChI=1S/C24H41BrN2O3/c25-22-14-16-23(17-15-22)30-21-19-27-24(29)26-18-12-10-8-6-4-2-1-3-5-7-9-11-13-20-28/h14-17,28H,1-13,18-21H2,(H2,26,27,29). The van der Waals surface area contributed by atoms with Gasteiger partial charge in [-0.3, -0.25) is 0 Å². The van der Waals surface area contributed by atoms with Crippen molar-refractivity contribution in [3.05, 3.63) is 28.7 Å². The molecule has 0 saturated heterocycles. The van der Waals surface area contributed by atoms with E-state index in [9.17, 15) is 4.79 Å². The van der Waals surface area contributed by atoms with E-state index >= 15 is 0 Å². The van der Waals surface area contributed by atoms with Crippen LogP contribution in [0.3, 0.4) is 0 Å². The second-order valence-electron chi connectivity index (χ2n) is 7.80. The first-order valence-corrected chi connectivity index (χ1v) is 12.5. The predicted molar refractivity (Wildman–Crippen MR) is 128 cm³/mol. The van der Waals surface area contributed by atoms with Crippen LogP contribution in [0.5, 0.6) is 5.75 Å². The van der Waals surface area contributed by atoms with E-state index in [-0.39, 0.29) is 6.03 Å². The summed E-state index contributed by atoms with van der Waals surface area (Å²) in [5.74, 6) is 0.801. The van der Waals surface area contributed by atoms with Crippen molar-refractivity contribution in [3.63, 3.8) is 0 Å². The number of ether oxygens (including phenoxy) is 1. The van der Waals surface area contributed by atoms with E-state index in [4.69, 9.17) is 9.84 Å². The van der Waals surface area contributed by atoms with Gasteiger partial charge >= 0.3 is 6.03 Å². The van der Waals surface area contributed by atoms with Gasteiger partial charge in [0.05, 0.1) is 6.54 Å². The van der Waals surface area contributed by atoms with Crippen molar-refractivity contribution in [1.82, 2.24) is 10.6 Å². The molecule has 2 amide bonds. The summed E-state index contributed by atoms with van der Waals surface area (Å²) in [5, 5.41) is 14.5. The predicted octanol–water partition coefficient (Wildman–Crippen LogP) is 6.19. The Bertz CT molecular complexity index is 526. The third kappa shape index (κ3) is 16.5. The van der Waals surface area contributed by atoms with Gasteiger partial charge in [-0.25, -0.2) is 4.79 Å². The number of carbonyl (C=O) groups excluding carboxylic acids is 1. The molecule has 3 N–H and O–H groups in total. The molecule has 5 nitrogen and oxygen atoms in total. The Kier molecular flexibility index (Phi) is 17.6. The van der Waals surface area contributed by atoms with Crippen molar-refractivity contribution in [3.8, 4) is 5.75 Å². The largest absolute Gasteiger partial charge is 0.492 e. The third-order valence-corrected chi connectivity index (χ3v) is 5.62. The zero-order valence-electron chi connectivity index (χ0n) is 18.5. The van der Waals surface area contributed by atoms with Crippen molar-refractivity contribution in [2.24, 2.45) is 0 Å². The number of urea groups is 1. The summed E-state index contributed by atoms with van der Waals surface area (Å²) < 4.78 is 6.59. The van der Waals surface area contributed by atoms with Crippen LogP contribution in [0.1, 0.15) is 83.5 Å². The molecule has 0 atom stereocenters. The van der Waals surface area contributed by atoms with Crippen molar-refractivity contribution >= 4 is 22.0 Å². The van der Waals surface area contributed by atoms with E-state index in [1.807, 2.05) is 24.3 Å². The van der Waals surface area contributed by atoms with E-state index in [0.29, 0.717) is 19.8 Å². The molecule has 1 aromatic carbocycles. The number of rotatable bonds is 19. The Morgan fingerprint density at radius 1 is 0.733 bits per heavy atom. The molecule has 172 valence electrons. The van der Waals surface area contributed by atoms with E-state index in [1.54, 1.807) is 0 Å². The van der Waals surface area contributed by atoms with Crippen LogP contribution in [0.4, 0.5) is 4.79 Å². The molecule has 1 rings (SSSR count). The number of nitrogens with one attached hydrogen (secondary N) is 2. The normalized spacial score (nSPS) is 10.7. The van der Waals surface area contributed by atoms with Crippen molar-refractivity contribution in [1.29, 1.82) is 0 Å². The fourth-order valence-corrected chi connectivity index (χ4v) is 3.57. The lowest BCUT2D eigenvalue weighted by Crippen LogP contribution is -2.38. The number of aliphatic hydroxyl groups is 1. The molecule has 0 heterocycles. The summed E-state index contributed by atoms with van der Waals surface area (Å²) >= 11 is 3.39. The third-order valence-electron chi connectivity index (χ3n) is 5.09. The van der Waals surface area contributed by atoms with Gasteiger partial charge in [-0.2, -0.15) is 0 Å². The number of halogens is 1. The van der Waals surface area contributed by atoms with Gasteiger partial charge in [0.25, 0.3) is 0 Å². The van der Waals surface area contributed by atoms with Crippen LogP contribution in [0.2, 0.25) is 0 Å². The quantitative estimate of drug-likeness (QED) is 0.205. The topological polar surface area (TPSA) is 70.6 Å². The maximum Gasteiger partial charge on any atom is 0.314 e. The first kappa shape index (κ1) is 26.8. The monoisotopic (exact) mass is 484 g/mol. The summed E-state index contributed by atoms with van der Waals surface area (Å²) in [4.78, 5) is 11.7. The van der Waals surface area contributed by atoms with Crippen molar-refractivity contribution < 1.29 is 14.6 Å². The van der Waals surface area contributed by atoms with Crippen molar-refractivity contribution in [2.75, 3.05) is 26.3 Å². The van der Waals surface area contributed by atoms with E-state index in [1.165, 1.54) is 70.6 Å². The van der Waals surface area contributed by atoms with E-state index in [0.717, 1.165) is 29.6 Å². The molecule has 0 bridgehead atoms. The Labute approximate surface area is 191 Å². The Balaban J connectivity index is 1.78. The Morgan fingerprint density at radius 2 is 1.20 bits per heavy atom. The molecule has 0 aromatic heterocycles. The zero-order valence-corrected chi connectivity index (χ0v) is 20.1. The summed E-state index contributed by atoms with van der Waals surface area (Å²) in [7, 11) is 0. The van der Waals surface area contributed by atoms with Crippen LogP contribution in [0, 0.1) is 0 Å². The minimum Gasteiger partial charge on any atom is -0.492 e. The lowest BCUT2D eigenvalue weighted by Gasteiger charge is -2.09. The molecule has 30 heavy (non-hydrogen) atoms. The van der Waals surface area contributed by atoms with Crippen LogP contribution in [0.25, 0.3) is 0 Å². The number of carbonyl (C=O) groups is 1. The molecule has 0 aliphatic rings. The van der Waals surface area contributed by atoms with Gasteiger partial charge in [0, 0.05) is 17.6 Å². The number of unbranched alkanes of at least 4 members (excludes halogenated alkanes) is 12. The highest BCUT2D eigenvalue weighted by molar-refractivity contribution is 9.10. The van der Waals surface area contributed by atoms with Crippen LogP contribution in [-0.2, 0) is 0 Å². The minimum atomic E-state index is -0.120. The summed E-state index contributed by atoms with van der Waals surface area (Å²) in [6.07, 6.45) is 16.2. The van der Waals surface area contributed by atoms with Gasteiger partial charge in [-0.1, -0.05) is 86.6 Å². The molecule has 0 unspecified atom stereocenters. The zero-order chi connectivity index (χ0) is 21.7. The highest BCUT2D eigenvalue weighted by Crippen LogP contribution is 2.15. The molecule has 6 heteroatoms. The maximum absolute atomic E-state index is 11.7. The number of benzene rings is 1. The second-order valence-corrected chi connectivity index (χ2v) is 8.72. The molecule has 0 aliphatic heterocycles. The maximum atomic E-state index is 11.7. The number of hydrogen-bond donors (Lipinski definition) is 3. The molecule has 0 aliphatic carbocycles. The van der Waals surface area contributed by atoms with Crippen molar-refractivity contribution in [2.45, 2.75) is 83.5 Å². The Hall–Kier alpha value is -1.27. The van der Waals surface area contributed by atoms with Crippen LogP contribution >= 0.6 is 15.9 Å². The molecule has 0 spiro atoms. The van der Waals surface area contributed by atoms with E-state index < -0.39 is 0 Å². The molecular weight excluding hydrogens is 444 g/mol. The molecule has 1 aromatic rings. The lowest BCUT2D eigenvalue weighted by molar-refractivity contribution is 0.236.